The highest BCUT2D eigenvalue weighted by Gasteiger charge is 2.31. The van der Waals surface area contributed by atoms with E-state index in [4.69, 9.17) is 13.9 Å². The number of ether oxygens (including phenoxy) is 2. The molecule has 0 saturated heterocycles. The van der Waals surface area contributed by atoms with Gasteiger partial charge in [0.05, 0.1) is 12.8 Å². The van der Waals surface area contributed by atoms with Crippen molar-refractivity contribution in [1.29, 1.82) is 0 Å². The van der Waals surface area contributed by atoms with Crippen molar-refractivity contribution < 1.29 is 13.9 Å². The summed E-state index contributed by atoms with van der Waals surface area (Å²) in [5.74, 6) is 1.86. The molecule has 4 nitrogen and oxygen atoms in total. The first-order valence-corrected chi connectivity index (χ1v) is 5.91. The fourth-order valence-electron chi connectivity index (χ4n) is 1.93. The third kappa shape index (κ3) is 2.14. The first-order valence-electron chi connectivity index (χ1n) is 5.91. The van der Waals surface area contributed by atoms with Gasteiger partial charge in [-0.3, -0.25) is 0 Å². The van der Waals surface area contributed by atoms with Crippen LogP contribution in [0.4, 0.5) is 5.69 Å². The second-order valence-corrected chi connectivity index (χ2v) is 4.70. The Balaban J connectivity index is 1.72. The predicted octanol–water partition coefficient (Wildman–Crippen LogP) is 3.40. The minimum absolute atomic E-state index is 0.581. The van der Waals surface area contributed by atoms with E-state index in [1.165, 1.54) is 0 Å². The third-order valence-corrected chi connectivity index (χ3v) is 2.70. The summed E-state index contributed by atoms with van der Waals surface area (Å²) in [6.07, 6.45) is 1.67. The van der Waals surface area contributed by atoms with E-state index < -0.39 is 5.79 Å². The van der Waals surface area contributed by atoms with Crippen molar-refractivity contribution in [1.82, 2.24) is 0 Å². The highest BCUT2D eigenvalue weighted by Crippen LogP contribution is 2.40. The first kappa shape index (κ1) is 11.0. The standard InChI is InChI=1S/C14H15NO3/c1-14(2)17-12-6-5-10(8-13(12)18-14)15-9-11-4-3-7-16-11/h3-8,15H,9H2,1-2H3. The minimum Gasteiger partial charge on any atom is -0.467 e. The lowest BCUT2D eigenvalue weighted by molar-refractivity contribution is -0.0431. The third-order valence-electron chi connectivity index (χ3n) is 2.70. The van der Waals surface area contributed by atoms with Gasteiger partial charge in [-0.05, 0) is 24.3 Å². The topological polar surface area (TPSA) is 43.6 Å². The van der Waals surface area contributed by atoms with Crippen LogP contribution in [0.15, 0.2) is 41.0 Å². The van der Waals surface area contributed by atoms with Gasteiger partial charge in [0.1, 0.15) is 5.76 Å². The molecular weight excluding hydrogens is 230 g/mol. The van der Waals surface area contributed by atoms with Crippen molar-refractivity contribution in [3.05, 3.63) is 42.4 Å². The maximum absolute atomic E-state index is 5.69. The molecule has 2 aromatic rings. The largest absolute Gasteiger partial charge is 0.467 e. The van der Waals surface area contributed by atoms with Gasteiger partial charge in [-0.25, -0.2) is 0 Å². The highest BCUT2D eigenvalue weighted by molar-refractivity contribution is 5.56. The molecule has 0 saturated carbocycles. The molecule has 0 amide bonds. The fraction of sp³-hybridized carbons (Fsp3) is 0.286. The van der Waals surface area contributed by atoms with Crippen molar-refractivity contribution in [3.8, 4) is 11.5 Å². The number of hydrogen-bond donors (Lipinski definition) is 1. The number of rotatable bonds is 3. The summed E-state index contributed by atoms with van der Waals surface area (Å²) in [6.45, 7) is 4.43. The average Bonchev–Trinajstić information content (AvgIpc) is 2.90. The van der Waals surface area contributed by atoms with Crippen LogP contribution in [0.25, 0.3) is 0 Å². The Kier molecular flexibility index (Phi) is 2.44. The lowest BCUT2D eigenvalue weighted by Crippen LogP contribution is -2.29. The Labute approximate surface area is 106 Å². The van der Waals surface area contributed by atoms with Gasteiger partial charge < -0.3 is 19.2 Å². The number of fused-ring (bicyclic) bond motifs is 1. The van der Waals surface area contributed by atoms with Gasteiger partial charge in [-0.2, -0.15) is 0 Å². The van der Waals surface area contributed by atoms with Gasteiger partial charge in [0.2, 0.25) is 5.79 Å². The van der Waals surface area contributed by atoms with Crippen LogP contribution in [0.1, 0.15) is 19.6 Å². The summed E-state index contributed by atoms with van der Waals surface area (Å²) in [5, 5.41) is 3.27. The van der Waals surface area contributed by atoms with Crippen LogP contribution in [0.5, 0.6) is 11.5 Å². The smallest absolute Gasteiger partial charge is 0.246 e. The Morgan fingerprint density at radius 3 is 2.72 bits per heavy atom. The fourth-order valence-corrected chi connectivity index (χ4v) is 1.93. The minimum atomic E-state index is -0.581. The van der Waals surface area contributed by atoms with Crippen LogP contribution in [0.2, 0.25) is 0 Å². The molecule has 1 aliphatic rings. The Morgan fingerprint density at radius 1 is 1.11 bits per heavy atom. The van der Waals surface area contributed by atoms with Crippen LogP contribution in [-0.4, -0.2) is 5.79 Å². The van der Waals surface area contributed by atoms with E-state index in [0.29, 0.717) is 6.54 Å². The van der Waals surface area contributed by atoms with Crippen molar-refractivity contribution in [2.75, 3.05) is 5.32 Å². The van der Waals surface area contributed by atoms with E-state index in [1.54, 1.807) is 6.26 Å². The van der Waals surface area contributed by atoms with E-state index in [9.17, 15) is 0 Å². The first-order chi connectivity index (χ1) is 8.62. The summed E-state index contributed by atoms with van der Waals surface area (Å²) in [6, 6.07) is 9.62. The number of hydrogen-bond acceptors (Lipinski definition) is 4. The molecule has 94 valence electrons. The van der Waals surface area contributed by atoms with Crippen LogP contribution in [0, 0.1) is 0 Å². The SMILES string of the molecule is CC1(C)Oc2ccc(NCc3ccco3)cc2O1. The monoisotopic (exact) mass is 245 g/mol. The predicted molar refractivity (Wildman–Crippen MR) is 67.8 cm³/mol. The molecule has 0 bridgehead atoms. The van der Waals surface area contributed by atoms with E-state index in [-0.39, 0.29) is 0 Å². The Hall–Kier alpha value is -2.10. The van der Waals surface area contributed by atoms with Crippen molar-refractivity contribution in [2.24, 2.45) is 0 Å². The lowest BCUT2D eigenvalue weighted by Gasteiger charge is -2.16. The lowest BCUT2D eigenvalue weighted by atomic mass is 10.2. The number of furan rings is 1. The average molecular weight is 245 g/mol. The summed E-state index contributed by atoms with van der Waals surface area (Å²) in [5.41, 5.74) is 0.978. The number of anilines is 1. The van der Waals surface area contributed by atoms with Crippen LogP contribution in [0.3, 0.4) is 0 Å². The molecule has 0 atom stereocenters. The van der Waals surface area contributed by atoms with Crippen molar-refractivity contribution in [3.63, 3.8) is 0 Å². The maximum Gasteiger partial charge on any atom is 0.246 e. The van der Waals surface area contributed by atoms with Crippen molar-refractivity contribution in [2.45, 2.75) is 26.2 Å². The second kappa shape index (κ2) is 3.98. The quantitative estimate of drug-likeness (QED) is 0.900. The molecule has 0 spiro atoms. The number of benzene rings is 1. The van der Waals surface area contributed by atoms with Crippen LogP contribution in [-0.2, 0) is 6.54 Å². The highest BCUT2D eigenvalue weighted by atomic mass is 16.7. The Morgan fingerprint density at radius 2 is 1.94 bits per heavy atom. The summed E-state index contributed by atoms with van der Waals surface area (Å²) in [7, 11) is 0. The van der Waals surface area contributed by atoms with Gasteiger partial charge in [-0.15, -0.1) is 0 Å². The van der Waals surface area contributed by atoms with E-state index in [1.807, 2.05) is 44.2 Å². The molecular formula is C14H15NO3. The number of nitrogens with one attached hydrogen (secondary N) is 1. The molecule has 0 fully saturated rings. The van der Waals surface area contributed by atoms with Gasteiger partial charge in [0.15, 0.2) is 11.5 Å². The summed E-state index contributed by atoms with van der Waals surface area (Å²) in [4.78, 5) is 0. The normalized spacial score (nSPS) is 15.7. The molecule has 0 aliphatic carbocycles. The summed E-state index contributed by atoms with van der Waals surface area (Å²) < 4.78 is 16.6. The van der Waals surface area contributed by atoms with E-state index in [0.717, 1.165) is 22.9 Å². The maximum atomic E-state index is 5.69. The molecule has 0 unspecified atom stereocenters. The van der Waals surface area contributed by atoms with Gasteiger partial charge >= 0.3 is 0 Å². The zero-order chi connectivity index (χ0) is 12.6. The zero-order valence-corrected chi connectivity index (χ0v) is 10.4. The zero-order valence-electron chi connectivity index (χ0n) is 10.4. The summed E-state index contributed by atoms with van der Waals surface area (Å²) >= 11 is 0. The van der Waals surface area contributed by atoms with Gasteiger partial charge in [-0.1, -0.05) is 0 Å². The van der Waals surface area contributed by atoms with Gasteiger partial charge in [0, 0.05) is 25.6 Å². The molecule has 1 aliphatic heterocycles. The Bertz CT molecular complexity index is 546. The molecule has 4 heteroatoms. The molecule has 2 heterocycles. The van der Waals surface area contributed by atoms with Gasteiger partial charge in [0.25, 0.3) is 0 Å². The van der Waals surface area contributed by atoms with Crippen molar-refractivity contribution >= 4 is 5.69 Å². The molecule has 0 radical (unpaired) electrons. The molecule has 1 aromatic carbocycles. The van der Waals surface area contributed by atoms with Crippen LogP contribution >= 0.6 is 0 Å². The molecule has 3 rings (SSSR count). The van der Waals surface area contributed by atoms with E-state index in [2.05, 4.69) is 5.32 Å². The molecule has 18 heavy (non-hydrogen) atoms. The molecule has 1 aromatic heterocycles. The second-order valence-electron chi connectivity index (χ2n) is 4.70. The van der Waals surface area contributed by atoms with E-state index >= 15 is 0 Å². The molecule has 1 N–H and O–H groups in total. The van der Waals surface area contributed by atoms with Crippen LogP contribution < -0.4 is 14.8 Å².